The molecule has 2 heteroatoms. The SMILES string of the molecule is CCC1=C(c2cc(-c3ccccc3)c(O)c(C3CCCCC3)c2)C(C)=CCC1=C1C=C(c2ccccc2)C(=O)C(C2CCCCC2)=C1. The predicted octanol–water partition coefficient (Wildman–Crippen LogP) is 12.1. The van der Waals surface area contributed by atoms with Crippen LogP contribution in [0.4, 0.5) is 0 Å². The maximum atomic E-state index is 14.1. The van der Waals surface area contributed by atoms with Crippen molar-refractivity contribution in [1.82, 2.24) is 0 Å². The van der Waals surface area contributed by atoms with E-state index in [9.17, 15) is 9.90 Å². The number of phenolic OH excluding ortho intramolecular Hbond substituents is 1. The molecule has 0 heterocycles. The Labute approximate surface area is 281 Å². The second-order valence-corrected chi connectivity index (χ2v) is 14.1. The molecular weight excluding hydrogens is 572 g/mol. The number of hydrogen-bond acceptors (Lipinski definition) is 2. The van der Waals surface area contributed by atoms with Crippen LogP contribution in [-0.2, 0) is 4.79 Å². The predicted molar refractivity (Wildman–Crippen MR) is 196 cm³/mol. The second-order valence-electron chi connectivity index (χ2n) is 14.1. The molecule has 3 aromatic rings. The van der Waals surface area contributed by atoms with Crippen LogP contribution in [-0.4, -0.2) is 10.9 Å². The molecule has 4 aliphatic carbocycles. The van der Waals surface area contributed by atoms with Gasteiger partial charge in [-0.25, -0.2) is 0 Å². The van der Waals surface area contributed by atoms with E-state index in [0.717, 1.165) is 71.9 Å². The lowest BCUT2D eigenvalue weighted by Gasteiger charge is -2.30. The van der Waals surface area contributed by atoms with Gasteiger partial charge < -0.3 is 5.11 Å². The molecule has 2 fully saturated rings. The minimum Gasteiger partial charge on any atom is -0.507 e. The van der Waals surface area contributed by atoms with Gasteiger partial charge >= 0.3 is 0 Å². The van der Waals surface area contributed by atoms with Crippen molar-refractivity contribution in [2.75, 3.05) is 0 Å². The molecule has 0 saturated heterocycles. The van der Waals surface area contributed by atoms with Gasteiger partial charge in [0.1, 0.15) is 5.75 Å². The molecule has 0 atom stereocenters. The van der Waals surface area contributed by atoms with Gasteiger partial charge in [0.05, 0.1) is 0 Å². The van der Waals surface area contributed by atoms with E-state index in [0.29, 0.717) is 17.6 Å². The maximum absolute atomic E-state index is 14.1. The summed E-state index contributed by atoms with van der Waals surface area (Å²) >= 11 is 0. The zero-order valence-corrected chi connectivity index (χ0v) is 28.2. The van der Waals surface area contributed by atoms with E-state index in [1.165, 1.54) is 72.0 Å². The lowest BCUT2D eigenvalue weighted by molar-refractivity contribution is -0.111. The van der Waals surface area contributed by atoms with Gasteiger partial charge in [0, 0.05) is 16.7 Å². The molecule has 2 saturated carbocycles. The molecule has 0 aliphatic heterocycles. The minimum atomic E-state index is 0.209. The van der Waals surface area contributed by atoms with Crippen LogP contribution in [0.3, 0.4) is 0 Å². The molecule has 1 N–H and O–H groups in total. The molecule has 2 nitrogen and oxygen atoms in total. The van der Waals surface area contributed by atoms with Crippen molar-refractivity contribution in [2.45, 2.75) is 96.8 Å². The third-order valence-electron chi connectivity index (χ3n) is 11.2. The monoisotopic (exact) mass is 620 g/mol. The summed E-state index contributed by atoms with van der Waals surface area (Å²) in [5.41, 5.74) is 13.6. The number of hydrogen-bond donors (Lipinski definition) is 1. The quantitative estimate of drug-likeness (QED) is 0.298. The second kappa shape index (κ2) is 13.9. The van der Waals surface area contributed by atoms with Gasteiger partial charge in [-0.3, -0.25) is 4.79 Å². The molecule has 240 valence electrons. The van der Waals surface area contributed by atoms with E-state index >= 15 is 0 Å². The Morgan fingerprint density at radius 1 is 0.723 bits per heavy atom. The van der Waals surface area contributed by atoms with Gasteiger partial charge in [-0.15, -0.1) is 0 Å². The fourth-order valence-corrected chi connectivity index (χ4v) is 8.69. The summed E-state index contributed by atoms with van der Waals surface area (Å²) in [5, 5.41) is 11.8. The highest BCUT2D eigenvalue weighted by molar-refractivity contribution is 6.30. The molecular formula is C45H48O2. The summed E-state index contributed by atoms with van der Waals surface area (Å²) in [6, 6.07) is 25.2. The van der Waals surface area contributed by atoms with Gasteiger partial charge in [-0.1, -0.05) is 112 Å². The molecule has 3 aromatic carbocycles. The number of rotatable bonds is 6. The number of ketones is 1. The molecule has 4 aliphatic rings. The molecule has 7 rings (SSSR count). The van der Waals surface area contributed by atoms with Crippen LogP contribution in [0.5, 0.6) is 5.75 Å². The highest BCUT2D eigenvalue weighted by Crippen LogP contribution is 2.48. The summed E-state index contributed by atoms with van der Waals surface area (Å²) in [5.74, 6) is 1.37. The fraction of sp³-hybridized carbons (Fsp3) is 0.356. The van der Waals surface area contributed by atoms with Crippen molar-refractivity contribution in [2.24, 2.45) is 5.92 Å². The van der Waals surface area contributed by atoms with Crippen LogP contribution in [0, 0.1) is 5.92 Å². The van der Waals surface area contributed by atoms with Gasteiger partial charge in [-0.05, 0) is 132 Å². The van der Waals surface area contributed by atoms with E-state index < -0.39 is 0 Å². The van der Waals surface area contributed by atoms with Crippen molar-refractivity contribution in [3.8, 4) is 16.9 Å². The minimum absolute atomic E-state index is 0.209. The highest BCUT2D eigenvalue weighted by atomic mass is 16.3. The lowest BCUT2D eigenvalue weighted by atomic mass is 9.74. The first-order valence-electron chi connectivity index (χ1n) is 18.1. The Morgan fingerprint density at radius 2 is 1.34 bits per heavy atom. The first-order valence-corrected chi connectivity index (χ1v) is 18.1. The van der Waals surface area contributed by atoms with Crippen LogP contribution in [0.1, 0.15) is 114 Å². The fourth-order valence-electron chi connectivity index (χ4n) is 8.69. The first kappa shape index (κ1) is 31.4. The maximum Gasteiger partial charge on any atom is 0.189 e. The van der Waals surface area contributed by atoms with Crippen molar-refractivity contribution < 1.29 is 9.90 Å². The van der Waals surface area contributed by atoms with Crippen LogP contribution in [0.15, 0.2) is 119 Å². The van der Waals surface area contributed by atoms with Crippen molar-refractivity contribution >= 4 is 16.9 Å². The first-order chi connectivity index (χ1) is 23.0. The normalized spacial score (nSPS) is 21.4. The van der Waals surface area contributed by atoms with Gasteiger partial charge in [0.15, 0.2) is 5.78 Å². The summed E-state index contributed by atoms with van der Waals surface area (Å²) in [4.78, 5) is 14.1. The lowest BCUT2D eigenvalue weighted by Crippen LogP contribution is -2.20. The zero-order valence-electron chi connectivity index (χ0n) is 28.2. The summed E-state index contributed by atoms with van der Waals surface area (Å²) in [6.07, 6.45) is 20.4. The molecule has 0 amide bonds. The Hall–Kier alpha value is -4.17. The van der Waals surface area contributed by atoms with Crippen molar-refractivity contribution in [3.63, 3.8) is 0 Å². The Morgan fingerprint density at radius 3 is 1.98 bits per heavy atom. The standard InChI is InChI=1S/C45H48O2/c1-3-37-38(35-26-39(31-16-8-4-9-17-31)44(46)40(27-35)32-18-10-5-11-19-32)25-24-30(2)43(37)36-28-41(33-20-12-6-13-21-33)45(47)42(29-36)34-22-14-7-15-23-34/h4,6,8-9,12-13,16-17,20-21,24,26-29,32,34,47H,3,5,7,10-11,14-15,18-19,22-23,25H2,1-2H3. The summed E-state index contributed by atoms with van der Waals surface area (Å²) in [6.45, 7) is 4.53. The Balaban J connectivity index is 1.43. The van der Waals surface area contributed by atoms with Gasteiger partial charge in [0.25, 0.3) is 0 Å². The zero-order chi connectivity index (χ0) is 32.3. The van der Waals surface area contributed by atoms with Gasteiger partial charge in [0.2, 0.25) is 0 Å². The van der Waals surface area contributed by atoms with E-state index in [1.54, 1.807) is 0 Å². The molecule has 47 heavy (non-hydrogen) atoms. The number of allylic oxidation sites excluding steroid dienone is 10. The molecule has 0 radical (unpaired) electrons. The average molecular weight is 621 g/mol. The molecule has 0 bridgehead atoms. The van der Waals surface area contributed by atoms with Crippen LogP contribution in [0.2, 0.25) is 0 Å². The number of phenols is 1. The molecule has 0 aromatic heterocycles. The number of carbonyl (C=O) groups excluding carboxylic acids is 1. The van der Waals surface area contributed by atoms with E-state index in [2.05, 4.69) is 80.6 Å². The van der Waals surface area contributed by atoms with Crippen molar-refractivity contribution in [1.29, 1.82) is 0 Å². The number of benzene rings is 3. The van der Waals surface area contributed by atoms with Crippen LogP contribution in [0.25, 0.3) is 22.3 Å². The smallest absolute Gasteiger partial charge is 0.189 e. The van der Waals surface area contributed by atoms with Crippen LogP contribution >= 0.6 is 0 Å². The van der Waals surface area contributed by atoms with E-state index in [-0.39, 0.29) is 5.78 Å². The van der Waals surface area contributed by atoms with E-state index in [4.69, 9.17) is 0 Å². The molecule has 0 spiro atoms. The number of aromatic hydroxyl groups is 1. The topological polar surface area (TPSA) is 37.3 Å². The average Bonchev–Trinajstić information content (AvgIpc) is 3.13. The molecule has 0 unspecified atom stereocenters. The number of carbonyl (C=O) groups is 1. The largest absolute Gasteiger partial charge is 0.507 e. The Kier molecular flexibility index (Phi) is 9.30. The Bertz CT molecular complexity index is 1800. The summed E-state index contributed by atoms with van der Waals surface area (Å²) in [7, 11) is 0. The van der Waals surface area contributed by atoms with E-state index in [1.807, 2.05) is 24.3 Å². The van der Waals surface area contributed by atoms with Crippen molar-refractivity contribution in [3.05, 3.63) is 136 Å². The van der Waals surface area contributed by atoms with Gasteiger partial charge in [-0.2, -0.15) is 0 Å². The highest BCUT2D eigenvalue weighted by Gasteiger charge is 2.31. The third kappa shape index (κ3) is 6.28. The van der Waals surface area contributed by atoms with Crippen LogP contribution < -0.4 is 0 Å². The summed E-state index contributed by atoms with van der Waals surface area (Å²) < 4.78 is 0. The number of Topliss-reactive ketones (excluding diaryl/α,β-unsaturated/α-hetero) is 1. The third-order valence-corrected chi connectivity index (χ3v) is 11.2.